The van der Waals surface area contributed by atoms with E-state index in [-0.39, 0.29) is 12.5 Å². The summed E-state index contributed by atoms with van der Waals surface area (Å²) in [6.45, 7) is 5.92. The Hall–Kier alpha value is -1.81. The van der Waals surface area contributed by atoms with Crippen LogP contribution in [0.25, 0.3) is 0 Å². The summed E-state index contributed by atoms with van der Waals surface area (Å²) in [7, 11) is 0. The van der Waals surface area contributed by atoms with E-state index >= 15 is 0 Å². The Morgan fingerprint density at radius 2 is 2.00 bits per heavy atom. The van der Waals surface area contributed by atoms with Crippen molar-refractivity contribution in [2.24, 2.45) is 0 Å². The van der Waals surface area contributed by atoms with Crippen molar-refractivity contribution in [1.82, 2.24) is 0 Å². The van der Waals surface area contributed by atoms with Gasteiger partial charge in [-0.2, -0.15) is 0 Å². The molecule has 0 fully saturated rings. The van der Waals surface area contributed by atoms with Gasteiger partial charge in [0.05, 0.1) is 6.61 Å². The largest absolute Gasteiger partial charge is 0.482 e. The van der Waals surface area contributed by atoms with Crippen LogP contribution in [0.3, 0.4) is 0 Å². The van der Waals surface area contributed by atoms with E-state index in [0.29, 0.717) is 6.42 Å². The van der Waals surface area contributed by atoms with Crippen LogP contribution in [-0.4, -0.2) is 18.1 Å². The highest BCUT2D eigenvalue weighted by atomic mass is 32.1. The number of hydrogen-bond donors (Lipinski definition) is 0. The van der Waals surface area contributed by atoms with Crippen LogP contribution >= 0.6 is 12.2 Å². The summed E-state index contributed by atoms with van der Waals surface area (Å²) in [6.07, 6.45) is 5.43. The normalized spacial score (nSPS) is 13.4. The summed E-state index contributed by atoms with van der Waals surface area (Å²) < 4.78 is 29.7. The highest BCUT2D eigenvalue weighted by molar-refractivity contribution is 7.80. The van der Waals surface area contributed by atoms with E-state index in [9.17, 15) is 8.78 Å². The Morgan fingerprint density at radius 3 is 2.55 bits per heavy atom. The molecule has 1 atom stereocenters. The second kappa shape index (κ2) is 10.0. The molecule has 1 unspecified atom stereocenters. The van der Waals surface area contributed by atoms with Crippen LogP contribution in [-0.2, 0) is 4.74 Å². The molecular formula is C18H20F2OS. The standard InChI is InChI=1S/C18H20F2OS/c1-3-5-9-14(4-2)16(15-10-7-6-8-11-15)12-13-21-18(22)17(19)20/h3-11,16-17H,2,12-13H2,1H3/b5-3-,14-9+. The van der Waals surface area contributed by atoms with E-state index < -0.39 is 11.5 Å². The van der Waals surface area contributed by atoms with Gasteiger partial charge in [-0.15, -0.1) is 0 Å². The topological polar surface area (TPSA) is 9.23 Å². The lowest BCUT2D eigenvalue weighted by Gasteiger charge is -2.19. The van der Waals surface area contributed by atoms with Gasteiger partial charge in [-0.25, -0.2) is 8.78 Å². The Labute approximate surface area is 136 Å². The molecule has 0 N–H and O–H groups in total. The zero-order valence-corrected chi connectivity index (χ0v) is 13.4. The molecular weight excluding hydrogens is 302 g/mol. The highest BCUT2D eigenvalue weighted by Gasteiger charge is 2.17. The minimum Gasteiger partial charge on any atom is -0.482 e. The highest BCUT2D eigenvalue weighted by Crippen LogP contribution is 2.28. The van der Waals surface area contributed by atoms with Crippen LogP contribution in [0.15, 0.2) is 66.8 Å². The van der Waals surface area contributed by atoms with E-state index in [4.69, 9.17) is 4.74 Å². The van der Waals surface area contributed by atoms with Crippen LogP contribution in [0.1, 0.15) is 24.8 Å². The zero-order chi connectivity index (χ0) is 16.4. The van der Waals surface area contributed by atoms with E-state index in [1.807, 2.05) is 55.5 Å². The number of rotatable bonds is 8. The molecule has 0 heterocycles. The number of allylic oxidation sites excluding steroid dienone is 5. The fraction of sp³-hybridized carbons (Fsp3) is 0.278. The van der Waals surface area contributed by atoms with Crippen molar-refractivity contribution in [3.63, 3.8) is 0 Å². The minimum atomic E-state index is -2.72. The van der Waals surface area contributed by atoms with Crippen LogP contribution in [0.4, 0.5) is 8.78 Å². The third-order valence-corrected chi connectivity index (χ3v) is 3.45. The van der Waals surface area contributed by atoms with E-state index in [1.165, 1.54) is 0 Å². The molecule has 0 saturated carbocycles. The average Bonchev–Trinajstić information content (AvgIpc) is 2.54. The maximum atomic E-state index is 12.4. The molecule has 0 spiro atoms. The lowest BCUT2D eigenvalue weighted by molar-refractivity contribution is 0.172. The first-order valence-corrected chi connectivity index (χ1v) is 7.46. The SMILES string of the molecule is C=C/C(=C\C=C/C)C(CCOC(=S)C(F)F)c1ccccc1. The molecule has 22 heavy (non-hydrogen) atoms. The number of thiocarbonyl (C=S) groups is 1. The lowest BCUT2D eigenvalue weighted by Crippen LogP contribution is -2.14. The molecule has 4 heteroatoms. The van der Waals surface area contributed by atoms with Gasteiger partial charge in [-0.1, -0.05) is 61.2 Å². The van der Waals surface area contributed by atoms with Crippen molar-refractivity contribution in [2.75, 3.05) is 6.61 Å². The molecule has 0 aromatic heterocycles. The van der Waals surface area contributed by atoms with Crippen molar-refractivity contribution in [3.05, 3.63) is 72.4 Å². The molecule has 1 rings (SSSR count). The maximum Gasteiger partial charge on any atom is 0.305 e. The first-order chi connectivity index (χ1) is 10.6. The van der Waals surface area contributed by atoms with Gasteiger partial charge in [0.2, 0.25) is 5.05 Å². The van der Waals surface area contributed by atoms with Crippen LogP contribution in [0.5, 0.6) is 0 Å². The monoisotopic (exact) mass is 322 g/mol. The smallest absolute Gasteiger partial charge is 0.305 e. The van der Waals surface area contributed by atoms with E-state index in [1.54, 1.807) is 6.08 Å². The zero-order valence-electron chi connectivity index (χ0n) is 12.5. The van der Waals surface area contributed by atoms with Gasteiger partial charge in [0.1, 0.15) is 0 Å². The first kappa shape index (κ1) is 18.2. The number of benzene rings is 1. The molecule has 0 radical (unpaired) electrons. The quantitative estimate of drug-likeness (QED) is 0.464. The number of halogens is 2. The fourth-order valence-electron chi connectivity index (χ4n) is 2.09. The number of ether oxygens (including phenoxy) is 1. The van der Waals surface area contributed by atoms with Gasteiger partial charge >= 0.3 is 6.43 Å². The van der Waals surface area contributed by atoms with Crippen LogP contribution < -0.4 is 0 Å². The second-order valence-corrected chi connectivity index (χ2v) is 5.02. The Morgan fingerprint density at radius 1 is 1.32 bits per heavy atom. The predicted octanol–water partition coefficient (Wildman–Crippen LogP) is 5.46. The van der Waals surface area contributed by atoms with E-state index in [2.05, 4.69) is 18.8 Å². The average molecular weight is 322 g/mol. The predicted molar refractivity (Wildman–Crippen MR) is 91.4 cm³/mol. The molecule has 0 amide bonds. The summed E-state index contributed by atoms with van der Waals surface area (Å²) in [4.78, 5) is 0. The van der Waals surface area contributed by atoms with Crippen molar-refractivity contribution < 1.29 is 13.5 Å². The molecule has 1 nitrogen and oxygen atoms in total. The van der Waals surface area contributed by atoms with Crippen LogP contribution in [0.2, 0.25) is 0 Å². The molecule has 0 aliphatic carbocycles. The van der Waals surface area contributed by atoms with Crippen molar-refractivity contribution >= 4 is 17.3 Å². The molecule has 1 aromatic rings. The molecule has 0 bridgehead atoms. The fourth-order valence-corrected chi connectivity index (χ4v) is 2.17. The molecule has 0 aliphatic rings. The Kier molecular flexibility index (Phi) is 8.30. The molecule has 118 valence electrons. The lowest BCUT2D eigenvalue weighted by atomic mass is 9.88. The maximum absolute atomic E-state index is 12.4. The van der Waals surface area contributed by atoms with Crippen LogP contribution in [0, 0.1) is 0 Å². The summed E-state index contributed by atoms with van der Waals surface area (Å²) in [6, 6.07) is 9.84. The summed E-state index contributed by atoms with van der Waals surface area (Å²) in [5.74, 6) is 0.0235. The first-order valence-electron chi connectivity index (χ1n) is 7.05. The third-order valence-electron chi connectivity index (χ3n) is 3.15. The van der Waals surface area contributed by atoms with E-state index in [0.717, 1.165) is 11.1 Å². The molecule has 0 aliphatic heterocycles. The Balaban J connectivity index is 2.88. The third kappa shape index (κ3) is 5.90. The molecule has 0 saturated heterocycles. The van der Waals surface area contributed by atoms with Gasteiger partial charge in [0, 0.05) is 5.92 Å². The number of hydrogen-bond acceptors (Lipinski definition) is 2. The van der Waals surface area contributed by atoms with Gasteiger partial charge < -0.3 is 4.74 Å². The van der Waals surface area contributed by atoms with Gasteiger partial charge in [0.25, 0.3) is 0 Å². The number of alkyl halides is 2. The van der Waals surface area contributed by atoms with Gasteiger partial charge in [-0.3, -0.25) is 0 Å². The summed E-state index contributed by atoms with van der Waals surface area (Å²) in [5.41, 5.74) is 2.10. The Bertz CT molecular complexity index is 535. The van der Waals surface area contributed by atoms with Gasteiger partial charge in [0.15, 0.2) is 0 Å². The summed E-state index contributed by atoms with van der Waals surface area (Å²) >= 11 is 4.49. The van der Waals surface area contributed by atoms with Crippen molar-refractivity contribution in [2.45, 2.75) is 25.7 Å². The van der Waals surface area contributed by atoms with Crippen molar-refractivity contribution in [3.8, 4) is 0 Å². The van der Waals surface area contributed by atoms with Crippen molar-refractivity contribution in [1.29, 1.82) is 0 Å². The minimum absolute atomic E-state index is 0.0235. The van der Waals surface area contributed by atoms with Gasteiger partial charge in [-0.05, 0) is 36.7 Å². The summed E-state index contributed by atoms with van der Waals surface area (Å²) in [5, 5.41) is -0.649. The molecule has 1 aromatic carbocycles. The second-order valence-electron chi connectivity index (χ2n) is 4.62.